The summed E-state index contributed by atoms with van der Waals surface area (Å²) in [6, 6.07) is 4.00. The fourth-order valence-electron chi connectivity index (χ4n) is 1.77. The van der Waals surface area contributed by atoms with Crippen molar-refractivity contribution in [2.45, 2.75) is 13.8 Å². The minimum atomic E-state index is 0.657. The lowest BCUT2D eigenvalue weighted by atomic mass is 10.1. The van der Waals surface area contributed by atoms with Crippen LogP contribution in [-0.2, 0) is 0 Å². The lowest BCUT2D eigenvalue weighted by Gasteiger charge is -2.06. The van der Waals surface area contributed by atoms with Crippen molar-refractivity contribution in [2.75, 3.05) is 13.7 Å². The Bertz CT molecular complexity index is 474. The summed E-state index contributed by atoms with van der Waals surface area (Å²) in [4.78, 5) is 3.21. The summed E-state index contributed by atoms with van der Waals surface area (Å²) in [5.41, 5.74) is 2.27. The van der Waals surface area contributed by atoms with E-state index in [0.29, 0.717) is 6.61 Å². The maximum Gasteiger partial charge on any atom is 0.148 e. The van der Waals surface area contributed by atoms with Crippen molar-refractivity contribution >= 4 is 10.9 Å². The highest BCUT2D eigenvalue weighted by Gasteiger charge is 2.11. The van der Waals surface area contributed by atoms with Crippen LogP contribution in [-0.4, -0.2) is 18.7 Å². The number of aryl methyl sites for hydroxylation is 1. The number of ether oxygens (including phenoxy) is 2. The average Bonchev–Trinajstić information content (AvgIpc) is 2.65. The summed E-state index contributed by atoms with van der Waals surface area (Å²) in [5, 5.41) is 1.03. The zero-order valence-corrected chi connectivity index (χ0v) is 9.26. The largest absolute Gasteiger partial charge is 0.496 e. The number of rotatable bonds is 3. The number of hydrogen-bond acceptors (Lipinski definition) is 2. The number of H-pyrrole nitrogens is 1. The van der Waals surface area contributed by atoms with E-state index in [9.17, 15) is 0 Å². The third kappa shape index (κ3) is 1.54. The standard InChI is InChI=1S/C12H15NO2/c1-4-15-10-7-13-12-8(2)5-6-9(14-3)11(10)12/h5-7,13H,4H2,1-3H3. The number of aromatic nitrogens is 1. The molecule has 0 amide bonds. The van der Waals surface area contributed by atoms with Gasteiger partial charge in [0.05, 0.1) is 24.6 Å². The van der Waals surface area contributed by atoms with Gasteiger partial charge in [0.1, 0.15) is 11.5 Å². The summed E-state index contributed by atoms with van der Waals surface area (Å²) in [7, 11) is 1.67. The molecular weight excluding hydrogens is 190 g/mol. The Hall–Kier alpha value is -1.64. The van der Waals surface area contributed by atoms with Gasteiger partial charge in [0.2, 0.25) is 0 Å². The lowest BCUT2D eigenvalue weighted by Crippen LogP contribution is -1.91. The molecule has 0 atom stereocenters. The van der Waals surface area contributed by atoms with Crippen LogP contribution in [0.2, 0.25) is 0 Å². The fourth-order valence-corrected chi connectivity index (χ4v) is 1.77. The first-order valence-electron chi connectivity index (χ1n) is 5.05. The second kappa shape index (κ2) is 3.85. The zero-order chi connectivity index (χ0) is 10.8. The number of nitrogens with one attached hydrogen (secondary N) is 1. The van der Waals surface area contributed by atoms with Gasteiger partial charge in [-0.1, -0.05) is 6.07 Å². The monoisotopic (exact) mass is 205 g/mol. The van der Waals surface area contributed by atoms with E-state index in [0.717, 1.165) is 22.4 Å². The molecule has 3 nitrogen and oxygen atoms in total. The maximum atomic E-state index is 5.55. The number of methoxy groups -OCH3 is 1. The van der Waals surface area contributed by atoms with Gasteiger partial charge in [0.25, 0.3) is 0 Å². The second-order valence-corrected chi connectivity index (χ2v) is 3.42. The van der Waals surface area contributed by atoms with Crippen molar-refractivity contribution in [1.29, 1.82) is 0 Å². The summed E-state index contributed by atoms with van der Waals surface area (Å²) in [6.07, 6.45) is 1.88. The molecule has 2 aromatic rings. The van der Waals surface area contributed by atoms with Crippen LogP contribution in [0, 0.1) is 6.92 Å². The quantitative estimate of drug-likeness (QED) is 0.836. The van der Waals surface area contributed by atoms with Crippen molar-refractivity contribution < 1.29 is 9.47 Å². The van der Waals surface area contributed by atoms with Gasteiger partial charge in [-0.2, -0.15) is 0 Å². The Morgan fingerprint density at radius 2 is 2.07 bits per heavy atom. The van der Waals surface area contributed by atoms with E-state index in [1.807, 2.05) is 25.3 Å². The van der Waals surface area contributed by atoms with E-state index in [1.54, 1.807) is 7.11 Å². The Morgan fingerprint density at radius 3 is 2.73 bits per heavy atom. The molecule has 0 bridgehead atoms. The van der Waals surface area contributed by atoms with Crippen LogP contribution in [0.4, 0.5) is 0 Å². The van der Waals surface area contributed by atoms with E-state index in [4.69, 9.17) is 9.47 Å². The highest BCUT2D eigenvalue weighted by molar-refractivity contribution is 5.94. The number of hydrogen-bond donors (Lipinski definition) is 1. The molecule has 15 heavy (non-hydrogen) atoms. The van der Waals surface area contributed by atoms with Crippen LogP contribution in [0.5, 0.6) is 11.5 Å². The molecule has 2 rings (SSSR count). The molecule has 0 aliphatic rings. The summed E-state index contributed by atoms with van der Waals surface area (Å²) in [5.74, 6) is 1.70. The van der Waals surface area contributed by atoms with Crippen molar-refractivity contribution in [1.82, 2.24) is 4.98 Å². The minimum Gasteiger partial charge on any atom is -0.496 e. The molecule has 80 valence electrons. The second-order valence-electron chi connectivity index (χ2n) is 3.42. The molecule has 0 saturated carbocycles. The summed E-state index contributed by atoms with van der Waals surface area (Å²) in [6.45, 7) is 4.69. The number of fused-ring (bicyclic) bond motifs is 1. The molecule has 1 aromatic carbocycles. The molecule has 0 unspecified atom stereocenters. The maximum absolute atomic E-state index is 5.55. The number of benzene rings is 1. The molecule has 1 aromatic heterocycles. The Kier molecular flexibility index (Phi) is 2.54. The lowest BCUT2D eigenvalue weighted by molar-refractivity contribution is 0.342. The summed E-state index contributed by atoms with van der Waals surface area (Å²) < 4.78 is 10.9. The highest BCUT2D eigenvalue weighted by Crippen LogP contribution is 2.35. The van der Waals surface area contributed by atoms with E-state index >= 15 is 0 Å². The summed E-state index contributed by atoms with van der Waals surface area (Å²) >= 11 is 0. The van der Waals surface area contributed by atoms with E-state index in [-0.39, 0.29) is 0 Å². The average molecular weight is 205 g/mol. The Balaban J connectivity index is 2.69. The molecule has 0 radical (unpaired) electrons. The van der Waals surface area contributed by atoms with Gasteiger partial charge in [-0.3, -0.25) is 0 Å². The van der Waals surface area contributed by atoms with Crippen LogP contribution >= 0.6 is 0 Å². The smallest absolute Gasteiger partial charge is 0.148 e. The molecule has 0 saturated heterocycles. The predicted octanol–water partition coefficient (Wildman–Crippen LogP) is 2.88. The minimum absolute atomic E-state index is 0.657. The number of aromatic amines is 1. The predicted molar refractivity (Wildman–Crippen MR) is 60.8 cm³/mol. The molecule has 1 N–H and O–H groups in total. The molecule has 3 heteroatoms. The molecule has 1 heterocycles. The molecule has 0 aliphatic carbocycles. The fraction of sp³-hybridized carbons (Fsp3) is 0.333. The van der Waals surface area contributed by atoms with Gasteiger partial charge in [0, 0.05) is 6.20 Å². The van der Waals surface area contributed by atoms with Crippen molar-refractivity contribution in [3.63, 3.8) is 0 Å². The molecule has 0 fully saturated rings. The van der Waals surface area contributed by atoms with E-state index in [1.165, 1.54) is 5.56 Å². The van der Waals surface area contributed by atoms with Gasteiger partial charge in [-0.25, -0.2) is 0 Å². The van der Waals surface area contributed by atoms with Gasteiger partial charge in [-0.05, 0) is 25.5 Å². The van der Waals surface area contributed by atoms with Gasteiger partial charge in [-0.15, -0.1) is 0 Å². The Morgan fingerprint density at radius 1 is 1.27 bits per heavy atom. The SMILES string of the molecule is CCOc1c[nH]c2c(C)ccc(OC)c12. The molecule has 0 aliphatic heterocycles. The zero-order valence-electron chi connectivity index (χ0n) is 9.26. The first-order valence-corrected chi connectivity index (χ1v) is 5.05. The van der Waals surface area contributed by atoms with Crippen LogP contribution in [0.1, 0.15) is 12.5 Å². The van der Waals surface area contributed by atoms with Crippen LogP contribution in [0.25, 0.3) is 10.9 Å². The topological polar surface area (TPSA) is 34.2 Å². The first kappa shape index (κ1) is 9.90. The van der Waals surface area contributed by atoms with Crippen LogP contribution < -0.4 is 9.47 Å². The van der Waals surface area contributed by atoms with Crippen molar-refractivity contribution in [3.8, 4) is 11.5 Å². The van der Waals surface area contributed by atoms with Crippen LogP contribution in [0.3, 0.4) is 0 Å². The molecule has 0 spiro atoms. The van der Waals surface area contributed by atoms with Crippen molar-refractivity contribution in [2.24, 2.45) is 0 Å². The van der Waals surface area contributed by atoms with E-state index in [2.05, 4.69) is 11.9 Å². The highest BCUT2D eigenvalue weighted by atomic mass is 16.5. The van der Waals surface area contributed by atoms with Crippen molar-refractivity contribution in [3.05, 3.63) is 23.9 Å². The van der Waals surface area contributed by atoms with Gasteiger partial charge in [0.15, 0.2) is 0 Å². The van der Waals surface area contributed by atoms with Crippen LogP contribution in [0.15, 0.2) is 18.3 Å². The van der Waals surface area contributed by atoms with Gasteiger partial charge < -0.3 is 14.5 Å². The first-order chi connectivity index (χ1) is 7.27. The third-order valence-electron chi connectivity index (χ3n) is 2.49. The van der Waals surface area contributed by atoms with Gasteiger partial charge >= 0.3 is 0 Å². The van der Waals surface area contributed by atoms with E-state index < -0.39 is 0 Å². The normalized spacial score (nSPS) is 10.6. The third-order valence-corrected chi connectivity index (χ3v) is 2.49. The Labute approximate surface area is 89.0 Å². The molecular formula is C12H15NO2.